The van der Waals surface area contributed by atoms with Gasteiger partial charge in [0.25, 0.3) is 0 Å². The molecule has 2 N–H and O–H groups in total. The molecule has 1 aromatic heterocycles. The van der Waals surface area contributed by atoms with Crippen LogP contribution in [0.2, 0.25) is 0 Å². The van der Waals surface area contributed by atoms with E-state index in [0.717, 1.165) is 11.3 Å². The molecular formula is C14H21N3O2S. The van der Waals surface area contributed by atoms with Gasteiger partial charge in [-0.1, -0.05) is 18.7 Å². The minimum atomic E-state index is -0.906. The van der Waals surface area contributed by atoms with Crippen LogP contribution in [-0.4, -0.2) is 33.3 Å². The number of anilines is 1. The molecule has 5 nitrogen and oxygen atoms in total. The monoisotopic (exact) mass is 295 g/mol. The molecule has 0 unspecified atom stereocenters. The van der Waals surface area contributed by atoms with Gasteiger partial charge in [0.05, 0.1) is 5.69 Å². The third-order valence-electron chi connectivity index (χ3n) is 2.70. The molecule has 0 saturated carbocycles. The van der Waals surface area contributed by atoms with Crippen molar-refractivity contribution >= 4 is 29.6 Å². The fraction of sp³-hybridized carbons (Fsp3) is 0.500. The zero-order chi connectivity index (χ0) is 15.3. The number of aromatic nitrogens is 2. The second-order valence-electron chi connectivity index (χ2n) is 4.69. The van der Waals surface area contributed by atoms with Gasteiger partial charge in [-0.25, -0.2) is 14.8 Å². The lowest BCUT2D eigenvalue weighted by atomic mass is 10.1. The topological polar surface area (TPSA) is 75.1 Å². The summed E-state index contributed by atoms with van der Waals surface area (Å²) in [6, 6.07) is 0.209. The Morgan fingerprint density at radius 1 is 1.45 bits per heavy atom. The average Bonchev–Trinajstić information content (AvgIpc) is 2.36. The molecular weight excluding hydrogens is 274 g/mol. The van der Waals surface area contributed by atoms with Gasteiger partial charge in [-0.3, -0.25) is 0 Å². The second-order valence-corrected chi connectivity index (χ2v) is 5.46. The maximum Gasteiger partial charge on any atom is 0.331 e. The molecule has 110 valence electrons. The van der Waals surface area contributed by atoms with E-state index in [2.05, 4.69) is 15.3 Å². The van der Waals surface area contributed by atoms with Crippen molar-refractivity contribution in [2.24, 2.45) is 0 Å². The highest BCUT2D eigenvalue weighted by molar-refractivity contribution is 7.98. The molecule has 0 fully saturated rings. The number of aryl methyl sites for hydroxylation is 1. The lowest BCUT2D eigenvalue weighted by Crippen LogP contribution is -2.14. The molecule has 0 bridgehead atoms. The van der Waals surface area contributed by atoms with Gasteiger partial charge in [-0.05, 0) is 39.5 Å². The van der Waals surface area contributed by atoms with Crippen LogP contribution in [0.1, 0.15) is 38.4 Å². The van der Waals surface area contributed by atoms with Crippen molar-refractivity contribution in [3.05, 3.63) is 16.8 Å². The van der Waals surface area contributed by atoms with E-state index in [-0.39, 0.29) is 6.04 Å². The number of thioether (sulfide) groups is 1. The Kier molecular flexibility index (Phi) is 6.01. The lowest BCUT2D eigenvalue weighted by Gasteiger charge is -2.15. The number of carbonyl (C=O) groups is 1. The Morgan fingerprint density at radius 2 is 2.10 bits per heavy atom. The molecule has 0 amide bonds. The van der Waals surface area contributed by atoms with Crippen molar-refractivity contribution in [1.29, 1.82) is 0 Å². The SMILES string of the molecule is CC/C(=C\c1c(C)nc(SC)nc1NC(C)C)C(=O)O. The van der Waals surface area contributed by atoms with Crippen molar-refractivity contribution < 1.29 is 9.90 Å². The van der Waals surface area contributed by atoms with Gasteiger partial charge in [0.2, 0.25) is 0 Å². The Bertz CT molecular complexity index is 527. The number of carboxylic acids is 1. The first-order valence-electron chi connectivity index (χ1n) is 6.52. The van der Waals surface area contributed by atoms with E-state index in [4.69, 9.17) is 5.11 Å². The number of carboxylic acid groups (broad SMARTS) is 1. The van der Waals surface area contributed by atoms with Crippen LogP contribution in [0.25, 0.3) is 6.08 Å². The molecule has 0 aliphatic carbocycles. The fourth-order valence-electron chi connectivity index (χ4n) is 1.69. The average molecular weight is 295 g/mol. The molecule has 0 radical (unpaired) electrons. The first kappa shape index (κ1) is 16.5. The van der Waals surface area contributed by atoms with Crippen molar-refractivity contribution in [2.75, 3.05) is 11.6 Å². The van der Waals surface area contributed by atoms with Crippen molar-refractivity contribution in [1.82, 2.24) is 9.97 Å². The quantitative estimate of drug-likeness (QED) is 0.477. The van der Waals surface area contributed by atoms with Gasteiger partial charge in [-0.2, -0.15) is 0 Å². The van der Waals surface area contributed by atoms with Gasteiger partial charge < -0.3 is 10.4 Å². The molecule has 0 atom stereocenters. The summed E-state index contributed by atoms with van der Waals surface area (Å²) >= 11 is 1.46. The summed E-state index contributed by atoms with van der Waals surface area (Å²) in [6.45, 7) is 7.72. The van der Waals surface area contributed by atoms with E-state index in [9.17, 15) is 4.79 Å². The number of nitrogens with one attached hydrogen (secondary N) is 1. The molecule has 1 heterocycles. The van der Waals surface area contributed by atoms with Gasteiger partial charge in [0.15, 0.2) is 5.16 Å². The second kappa shape index (κ2) is 7.28. The van der Waals surface area contributed by atoms with Crippen LogP contribution in [0.4, 0.5) is 5.82 Å². The van der Waals surface area contributed by atoms with Crippen LogP contribution in [0, 0.1) is 6.92 Å². The van der Waals surface area contributed by atoms with E-state index in [0.29, 0.717) is 23.0 Å². The van der Waals surface area contributed by atoms with Crippen LogP contribution < -0.4 is 5.32 Å². The van der Waals surface area contributed by atoms with E-state index in [1.54, 1.807) is 6.08 Å². The van der Waals surface area contributed by atoms with Crippen molar-refractivity contribution in [3.8, 4) is 0 Å². The summed E-state index contributed by atoms with van der Waals surface area (Å²) in [5.74, 6) is -0.222. The largest absolute Gasteiger partial charge is 0.478 e. The van der Waals surface area contributed by atoms with Crippen LogP contribution in [-0.2, 0) is 4.79 Å². The maximum atomic E-state index is 11.2. The summed E-state index contributed by atoms with van der Waals surface area (Å²) in [7, 11) is 0. The fourth-order valence-corrected chi connectivity index (χ4v) is 2.10. The van der Waals surface area contributed by atoms with Gasteiger partial charge in [0.1, 0.15) is 5.82 Å². The highest BCUT2D eigenvalue weighted by atomic mass is 32.2. The van der Waals surface area contributed by atoms with Crippen LogP contribution in [0.3, 0.4) is 0 Å². The predicted molar refractivity (Wildman–Crippen MR) is 83.2 cm³/mol. The summed E-state index contributed by atoms with van der Waals surface area (Å²) in [6.07, 6.45) is 4.03. The molecule has 20 heavy (non-hydrogen) atoms. The van der Waals surface area contributed by atoms with E-state index >= 15 is 0 Å². The standard InChI is InChI=1S/C14H21N3O2S/c1-6-10(13(18)19)7-11-9(4)16-14(20-5)17-12(11)15-8(2)3/h7-8H,6H2,1-5H3,(H,18,19)(H,15,16,17)/b10-7+. The molecule has 1 aromatic rings. The first-order valence-corrected chi connectivity index (χ1v) is 7.74. The zero-order valence-corrected chi connectivity index (χ0v) is 13.3. The minimum absolute atomic E-state index is 0.209. The molecule has 1 rings (SSSR count). The highest BCUT2D eigenvalue weighted by Crippen LogP contribution is 2.24. The Labute approximate surface area is 123 Å². The third kappa shape index (κ3) is 4.23. The van der Waals surface area contributed by atoms with Gasteiger partial charge in [0, 0.05) is 17.2 Å². The number of aliphatic carboxylic acids is 1. The predicted octanol–water partition coefficient (Wildman–Crippen LogP) is 3.21. The molecule has 0 saturated heterocycles. The molecule has 0 aliphatic rings. The van der Waals surface area contributed by atoms with Gasteiger partial charge >= 0.3 is 5.97 Å². The zero-order valence-electron chi connectivity index (χ0n) is 12.5. The van der Waals surface area contributed by atoms with Crippen molar-refractivity contribution in [3.63, 3.8) is 0 Å². The molecule has 6 heteroatoms. The van der Waals surface area contributed by atoms with E-state index in [1.807, 2.05) is 34.0 Å². The van der Waals surface area contributed by atoms with E-state index in [1.165, 1.54) is 11.8 Å². The number of hydrogen-bond donors (Lipinski definition) is 2. The van der Waals surface area contributed by atoms with Crippen molar-refractivity contribution in [2.45, 2.75) is 45.3 Å². The van der Waals surface area contributed by atoms with Crippen LogP contribution >= 0.6 is 11.8 Å². The smallest absolute Gasteiger partial charge is 0.331 e. The molecule has 0 aliphatic heterocycles. The van der Waals surface area contributed by atoms with E-state index < -0.39 is 5.97 Å². The van der Waals surface area contributed by atoms with Crippen LogP contribution in [0.5, 0.6) is 0 Å². The first-order chi connectivity index (χ1) is 9.38. The highest BCUT2D eigenvalue weighted by Gasteiger charge is 2.13. The summed E-state index contributed by atoms with van der Waals surface area (Å²) in [5.41, 5.74) is 1.87. The Morgan fingerprint density at radius 3 is 2.55 bits per heavy atom. The Balaban J connectivity index is 3.39. The normalized spacial score (nSPS) is 11.8. The minimum Gasteiger partial charge on any atom is -0.478 e. The van der Waals surface area contributed by atoms with Gasteiger partial charge in [-0.15, -0.1) is 0 Å². The number of rotatable bonds is 6. The third-order valence-corrected chi connectivity index (χ3v) is 3.25. The number of hydrogen-bond acceptors (Lipinski definition) is 5. The maximum absolute atomic E-state index is 11.2. The Hall–Kier alpha value is -1.56. The summed E-state index contributed by atoms with van der Waals surface area (Å²) in [5, 5.41) is 13.1. The summed E-state index contributed by atoms with van der Waals surface area (Å²) < 4.78 is 0. The lowest BCUT2D eigenvalue weighted by molar-refractivity contribution is -0.132. The van der Waals surface area contributed by atoms with Crippen LogP contribution in [0.15, 0.2) is 10.7 Å². The molecule has 0 aromatic carbocycles. The summed E-state index contributed by atoms with van der Waals surface area (Å²) in [4.78, 5) is 20.0. The number of nitrogens with zero attached hydrogens (tertiary/aromatic N) is 2. The molecule has 0 spiro atoms.